The lowest BCUT2D eigenvalue weighted by Crippen LogP contribution is -2.63. The van der Waals surface area contributed by atoms with E-state index < -0.39 is 0 Å². The number of nitrogens with one attached hydrogen (secondary N) is 1. The molecule has 1 aliphatic heterocycles. The number of methoxy groups -OCH3 is 1. The fourth-order valence-corrected chi connectivity index (χ4v) is 2.50. The second kappa shape index (κ2) is 5.99. The number of hydrogen-bond donors (Lipinski definition) is 1. The molecule has 0 aromatic rings. The minimum absolute atomic E-state index is 0.243. The highest BCUT2D eigenvalue weighted by Gasteiger charge is 2.33. The van der Waals surface area contributed by atoms with Gasteiger partial charge in [0.1, 0.15) is 0 Å². The number of piperazine rings is 1. The third kappa shape index (κ3) is 3.72. The summed E-state index contributed by atoms with van der Waals surface area (Å²) in [5, 5.41) is 3.63. The van der Waals surface area contributed by atoms with Crippen LogP contribution in [-0.4, -0.2) is 49.3 Å². The summed E-state index contributed by atoms with van der Waals surface area (Å²) in [5.41, 5.74) is 0.243. The zero-order chi connectivity index (χ0) is 12.2. The molecule has 1 aliphatic rings. The Morgan fingerprint density at radius 1 is 1.50 bits per heavy atom. The average Bonchev–Trinajstić information content (AvgIpc) is 2.24. The molecule has 0 bridgehead atoms. The first-order valence-electron chi connectivity index (χ1n) is 6.50. The van der Waals surface area contributed by atoms with Crippen LogP contribution in [0.5, 0.6) is 0 Å². The summed E-state index contributed by atoms with van der Waals surface area (Å²) in [6.07, 6.45) is 2.35. The molecule has 0 radical (unpaired) electrons. The molecule has 2 atom stereocenters. The molecule has 1 rings (SSSR count). The Hall–Kier alpha value is -0.120. The first kappa shape index (κ1) is 13.9. The van der Waals surface area contributed by atoms with E-state index in [1.165, 1.54) is 6.42 Å². The van der Waals surface area contributed by atoms with Gasteiger partial charge in [0.15, 0.2) is 0 Å². The highest BCUT2D eigenvalue weighted by molar-refractivity contribution is 4.93. The summed E-state index contributed by atoms with van der Waals surface area (Å²) < 4.78 is 5.18. The Labute approximate surface area is 101 Å². The lowest BCUT2D eigenvalue weighted by atomic mass is 9.95. The zero-order valence-electron chi connectivity index (χ0n) is 11.5. The summed E-state index contributed by atoms with van der Waals surface area (Å²) in [5.74, 6) is 0. The van der Waals surface area contributed by atoms with Crippen LogP contribution in [0.4, 0.5) is 0 Å². The van der Waals surface area contributed by atoms with Crippen molar-refractivity contribution in [2.75, 3.05) is 26.8 Å². The minimum Gasteiger partial charge on any atom is -0.385 e. The van der Waals surface area contributed by atoms with Gasteiger partial charge in [-0.15, -0.1) is 0 Å². The van der Waals surface area contributed by atoms with Gasteiger partial charge in [-0.1, -0.05) is 6.92 Å². The number of rotatable bonds is 5. The van der Waals surface area contributed by atoms with E-state index >= 15 is 0 Å². The van der Waals surface area contributed by atoms with Crippen molar-refractivity contribution in [3.05, 3.63) is 0 Å². The summed E-state index contributed by atoms with van der Waals surface area (Å²) >= 11 is 0. The van der Waals surface area contributed by atoms with Crippen molar-refractivity contribution >= 4 is 0 Å². The second-order valence-corrected chi connectivity index (χ2v) is 5.63. The van der Waals surface area contributed by atoms with Crippen LogP contribution in [0, 0.1) is 0 Å². The summed E-state index contributed by atoms with van der Waals surface area (Å²) in [7, 11) is 1.78. The van der Waals surface area contributed by atoms with Crippen molar-refractivity contribution in [1.29, 1.82) is 0 Å². The molecule has 1 heterocycles. The topological polar surface area (TPSA) is 24.5 Å². The predicted molar refractivity (Wildman–Crippen MR) is 68.8 cm³/mol. The average molecular weight is 228 g/mol. The smallest absolute Gasteiger partial charge is 0.0477 e. The molecule has 2 unspecified atom stereocenters. The molecule has 3 nitrogen and oxygen atoms in total. The lowest BCUT2D eigenvalue weighted by molar-refractivity contribution is 0.0437. The molecule has 1 fully saturated rings. The maximum atomic E-state index is 5.18. The second-order valence-electron chi connectivity index (χ2n) is 5.63. The fourth-order valence-electron chi connectivity index (χ4n) is 2.50. The summed E-state index contributed by atoms with van der Waals surface area (Å²) in [6, 6.07) is 1.30. The highest BCUT2D eigenvalue weighted by Crippen LogP contribution is 2.20. The molecule has 1 saturated heterocycles. The molecular formula is C13H28N2O. The zero-order valence-corrected chi connectivity index (χ0v) is 11.5. The molecule has 0 aliphatic carbocycles. The Balaban J connectivity index is 2.57. The Bertz CT molecular complexity index is 206. The number of hydrogen-bond acceptors (Lipinski definition) is 3. The van der Waals surface area contributed by atoms with E-state index in [-0.39, 0.29) is 5.54 Å². The molecule has 0 saturated carbocycles. The van der Waals surface area contributed by atoms with E-state index in [0.717, 1.165) is 26.1 Å². The molecule has 16 heavy (non-hydrogen) atoms. The number of ether oxygens (including phenoxy) is 1. The van der Waals surface area contributed by atoms with Crippen LogP contribution in [0.2, 0.25) is 0 Å². The van der Waals surface area contributed by atoms with Crippen molar-refractivity contribution in [3.63, 3.8) is 0 Å². The Morgan fingerprint density at radius 3 is 2.75 bits per heavy atom. The van der Waals surface area contributed by atoms with Gasteiger partial charge in [0.2, 0.25) is 0 Å². The van der Waals surface area contributed by atoms with Gasteiger partial charge in [0.25, 0.3) is 0 Å². The summed E-state index contributed by atoms with van der Waals surface area (Å²) in [4.78, 5) is 2.65. The van der Waals surface area contributed by atoms with Crippen LogP contribution in [-0.2, 0) is 4.74 Å². The van der Waals surface area contributed by atoms with Gasteiger partial charge in [-0.25, -0.2) is 0 Å². The van der Waals surface area contributed by atoms with Gasteiger partial charge in [0.05, 0.1) is 0 Å². The summed E-state index contributed by atoms with van der Waals surface area (Å²) in [6.45, 7) is 12.3. The normalized spacial score (nSPS) is 27.9. The van der Waals surface area contributed by atoms with E-state index in [1.54, 1.807) is 7.11 Å². The minimum atomic E-state index is 0.243. The molecule has 3 heteroatoms. The van der Waals surface area contributed by atoms with Crippen molar-refractivity contribution in [1.82, 2.24) is 10.2 Å². The van der Waals surface area contributed by atoms with Crippen LogP contribution in [0.15, 0.2) is 0 Å². The molecule has 0 aromatic heterocycles. The van der Waals surface area contributed by atoms with E-state index in [9.17, 15) is 0 Å². The van der Waals surface area contributed by atoms with Gasteiger partial charge in [-0.3, -0.25) is 4.90 Å². The largest absolute Gasteiger partial charge is 0.385 e. The van der Waals surface area contributed by atoms with Crippen LogP contribution < -0.4 is 5.32 Å². The SMILES string of the molecule is CCC1CNC(C)(C)CN1C(C)CCOC. The predicted octanol–water partition coefficient (Wildman–Crippen LogP) is 1.87. The molecule has 1 N–H and O–H groups in total. The standard InChI is InChI=1S/C13H28N2O/c1-6-12-9-14-13(3,4)10-15(12)11(2)7-8-16-5/h11-12,14H,6-10H2,1-5H3. The van der Waals surface area contributed by atoms with Gasteiger partial charge in [0, 0.05) is 44.4 Å². The highest BCUT2D eigenvalue weighted by atomic mass is 16.5. The van der Waals surface area contributed by atoms with Crippen molar-refractivity contribution in [2.45, 2.75) is 58.2 Å². The van der Waals surface area contributed by atoms with E-state index in [2.05, 4.69) is 37.9 Å². The van der Waals surface area contributed by atoms with Crippen molar-refractivity contribution in [3.8, 4) is 0 Å². The molecule has 0 amide bonds. The molecular weight excluding hydrogens is 200 g/mol. The van der Waals surface area contributed by atoms with E-state index in [4.69, 9.17) is 4.74 Å². The Morgan fingerprint density at radius 2 is 2.19 bits per heavy atom. The fraction of sp³-hybridized carbons (Fsp3) is 1.00. The maximum absolute atomic E-state index is 5.18. The maximum Gasteiger partial charge on any atom is 0.0477 e. The van der Waals surface area contributed by atoms with Crippen LogP contribution in [0.25, 0.3) is 0 Å². The van der Waals surface area contributed by atoms with E-state index in [0.29, 0.717) is 12.1 Å². The van der Waals surface area contributed by atoms with E-state index in [1.807, 2.05) is 0 Å². The first-order chi connectivity index (χ1) is 7.50. The Kier molecular flexibility index (Phi) is 5.22. The van der Waals surface area contributed by atoms with Gasteiger partial charge in [-0.05, 0) is 33.6 Å². The third-order valence-corrected chi connectivity index (χ3v) is 3.64. The number of nitrogens with zero attached hydrogens (tertiary/aromatic N) is 1. The van der Waals surface area contributed by atoms with Crippen LogP contribution in [0.3, 0.4) is 0 Å². The first-order valence-corrected chi connectivity index (χ1v) is 6.50. The molecule has 0 spiro atoms. The van der Waals surface area contributed by atoms with Crippen LogP contribution in [0.1, 0.15) is 40.5 Å². The van der Waals surface area contributed by atoms with Gasteiger partial charge in [-0.2, -0.15) is 0 Å². The van der Waals surface area contributed by atoms with Crippen LogP contribution >= 0.6 is 0 Å². The monoisotopic (exact) mass is 228 g/mol. The van der Waals surface area contributed by atoms with Gasteiger partial charge < -0.3 is 10.1 Å². The van der Waals surface area contributed by atoms with Gasteiger partial charge >= 0.3 is 0 Å². The quantitative estimate of drug-likeness (QED) is 0.777. The molecule has 96 valence electrons. The van der Waals surface area contributed by atoms with Crippen molar-refractivity contribution < 1.29 is 4.74 Å². The lowest BCUT2D eigenvalue weighted by Gasteiger charge is -2.47. The molecule has 0 aromatic carbocycles. The van der Waals surface area contributed by atoms with Crippen molar-refractivity contribution in [2.24, 2.45) is 0 Å². The third-order valence-electron chi connectivity index (χ3n) is 3.64.